The van der Waals surface area contributed by atoms with E-state index in [1.807, 2.05) is 6.07 Å². The van der Waals surface area contributed by atoms with Crippen LogP contribution in [0.5, 0.6) is 0 Å². The first-order valence-corrected chi connectivity index (χ1v) is 7.49. The fourth-order valence-electron chi connectivity index (χ4n) is 2.49. The number of amides is 2. The molecule has 0 aromatic heterocycles. The summed E-state index contributed by atoms with van der Waals surface area (Å²) in [5, 5.41) is 3.27. The predicted molar refractivity (Wildman–Crippen MR) is 87.4 cm³/mol. The van der Waals surface area contributed by atoms with Crippen molar-refractivity contribution in [3.05, 3.63) is 59.1 Å². The van der Waals surface area contributed by atoms with Crippen LogP contribution < -0.4 is 10.2 Å². The quantitative estimate of drug-likeness (QED) is 0.938. The number of hydrogen-bond donors (Lipinski definition) is 1. The maximum Gasteiger partial charge on any atom is 0.255 e. The fraction of sp³-hybridized carbons (Fsp3) is 0.176. The molecule has 0 unspecified atom stereocenters. The number of nitrogens with one attached hydrogen (secondary N) is 1. The summed E-state index contributed by atoms with van der Waals surface area (Å²) in [7, 11) is 0. The second-order valence-corrected chi connectivity index (χ2v) is 5.54. The molecule has 1 aliphatic rings. The average molecular weight is 315 g/mol. The third-order valence-electron chi connectivity index (χ3n) is 3.62. The average Bonchev–Trinajstić information content (AvgIpc) is 2.96. The van der Waals surface area contributed by atoms with Gasteiger partial charge in [-0.05, 0) is 36.8 Å². The van der Waals surface area contributed by atoms with Gasteiger partial charge >= 0.3 is 0 Å². The molecular weight excluding hydrogens is 300 g/mol. The van der Waals surface area contributed by atoms with E-state index >= 15 is 0 Å². The molecule has 5 heteroatoms. The number of nitrogens with zero attached hydrogens (tertiary/aromatic N) is 1. The summed E-state index contributed by atoms with van der Waals surface area (Å²) in [6.45, 7) is 0.703. The summed E-state index contributed by atoms with van der Waals surface area (Å²) in [5.74, 6) is -0.148. The van der Waals surface area contributed by atoms with Gasteiger partial charge < -0.3 is 10.2 Å². The minimum absolute atomic E-state index is 0.101. The van der Waals surface area contributed by atoms with Crippen LogP contribution in [-0.4, -0.2) is 18.4 Å². The second kappa shape index (κ2) is 6.20. The molecule has 2 aromatic rings. The summed E-state index contributed by atoms with van der Waals surface area (Å²) in [4.78, 5) is 25.9. The van der Waals surface area contributed by atoms with Crippen LogP contribution in [0.1, 0.15) is 23.2 Å². The molecule has 1 N–H and O–H groups in total. The highest BCUT2D eigenvalue weighted by atomic mass is 35.5. The molecule has 3 rings (SSSR count). The lowest BCUT2D eigenvalue weighted by atomic mass is 10.1. The topological polar surface area (TPSA) is 49.4 Å². The van der Waals surface area contributed by atoms with Crippen molar-refractivity contribution < 1.29 is 9.59 Å². The zero-order valence-corrected chi connectivity index (χ0v) is 12.6. The van der Waals surface area contributed by atoms with Crippen molar-refractivity contribution in [2.24, 2.45) is 0 Å². The Morgan fingerprint density at radius 2 is 1.95 bits per heavy atom. The molecule has 0 atom stereocenters. The van der Waals surface area contributed by atoms with Gasteiger partial charge in [0.2, 0.25) is 5.91 Å². The molecule has 112 valence electrons. The van der Waals surface area contributed by atoms with Crippen molar-refractivity contribution in [3.8, 4) is 0 Å². The van der Waals surface area contributed by atoms with Gasteiger partial charge in [-0.1, -0.05) is 29.8 Å². The Bertz CT molecular complexity index is 730. The summed E-state index contributed by atoms with van der Waals surface area (Å²) in [6.07, 6.45) is 1.42. The van der Waals surface area contributed by atoms with Crippen molar-refractivity contribution in [1.82, 2.24) is 0 Å². The largest absolute Gasteiger partial charge is 0.321 e. The minimum Gasteiger partial charge on any atom is -0.321 e. The van der Waals surface area contributed by atoms with Crippen molar-refractivity contribution in [1.29, 1.82) is 0 Å². The minimum atomic E-state index is -0.249. The number of rotatable bonds is 3. The third-order valence-corrected chi connectivity index (χ3v) is 3.95. The monoisotopic (exact) mass is 314 g/mol. The van der Waals surface area contributed by atoms with Crippen LogP contribution in [0.3, 0.4) is 0 Å². The molecule has 1 heterocycles. The van der Waals surface area contributed by atoms with E-state index in [1.54, 1.807) is 47.4 Å². The van der Waals surface area contributed by atoms with E-state index in [2.05, 4.69) is 5.32 Å². The Morgan fingerprint density at radius 3 is 2.68 bits per heavy atom. The van der Waals surface area contributed by atoms with Gasteiger partial charge in [-0.25, -0.2) is 0 Å². The van der Waals surface area contributed by atoms with Crippen molar-refractivity contribution >= 4 is 34.8 Å². The summed E-state index contributed by atoms with van der Waals surface area (Å²) < 4.78 is 0. The van der Waals surface area contributed by atoms with E-state index in [0.29, 0.717) is 29.2 Å². The predicted octanol–water partition coefficient (Wildman–Crippen LogP) is 3.72. The Kier molecular flexibility index (Phi) is 4.11. The SMILES string of the molecule is O=C(Nc1ccccc1Cl)c1cccc(N2CCCC2=O)c1. The van der Waals surface area contributed by atoms with E-state index in [-0.39, 0.29) is 11.8 Å². The molecule has 1 aliphatic heterocycles. The van der Waals surface area contributed by atoms with E-state index in [1.165, 1.54) is 0 Å². The Hall–Kier alpha value is -2.33. The first-order valence-electron chi connectivity index (χ1n) is 7.11. The molecule has 0 bridgehead atoms. The van der Waals surface area contributed by atoms with Gasteiger partial charge in [-0.3, -0.25) is 9.59 Å². The van der Waals surface area contributed by atoms with Crippen molar-refractivity contribution in [2.75, 3.05) is 16.8 Å². The third kappa shape index (κ3) is 2.97. The van der Waals surface area contributed by atoms with Gasteiger partial charge in [-0.2, -0.15) is 0 Å². The second-order valence-electron chi connectivity index (χ2n) is 5.13. The van der Waals surface area contributed by atoms with Gasteiger partial charge in [0.15, 0.2) is 0 Å². The molecule has 2 amide bonds. The van der Waals surface area contributed by atoms with Crippen LogP contribution in [0, 0.1) is 0 Å². The number of para-hydroxylation sites is 1. The van der Waals surface area contributed by atoms with E-state index in [4.69, 9.17) is 11.6 Å². The molecule has 0 spiro atoms. The molecule has 22 heavy (non-hydrogen) atoms. The molecule has 1 fully saturated rings. The van der Waals surface area contributed by atoms with Crippen LogP contribution in [0.15, 0.2) is 48.5 Å². The first kappa shape index (κ1) is 14.6. The number of anilines is 2. The van der Waals surface area contributed by atoms with E-state index in [0.717, 1.165) is 12.1 Å². The van der Waals surface area contributed by atoms with E-state index in [9.17, 15) is 9.59 Å². The Morgan fingerprint density at radius 1 is 1.14 bits per heavy atom. The Balaban J connectivity index is 1.81. The van der Waals surface area contributed by atoms with Gasteiger partial charge in [0.25, 0.3) is 5.91 Å². The molecule has 4 nitrogen and oxygen atoms in total. The highest BCUT2D eigenvalue weighted by Crippen LogP contribution is 2.24. The summed E-state index contributed by atoms with van der Waals surface area (Å²) in [5.41, 5.74) is 1.82. The zero-order valence-electron chi connectivity index (χ0n) is 11.9. The molecular formula is C17H15ClN2O2. The van der Waals surface area contributed by atoms with Gasteiger partial charge in [0.05, 0.1) is 10.7 Å². The first-order chi connectivity index (χ1) is 10.6. The molecule has 0 radical (unpaired) electrons. The highest BCUT2D eigenvalue weighted by Gasteiger charge is 2.22. The summed E-state index contributed by atoms with van der Waals surface area (Å²) >= 11 is 6.04. The lowest BCUT2D eigenvalue weighted by Crippen LogP contribution is -2.24. The number of benzene rings is 2. The maximum absolute atomic E-state index is 12.3. The standard InChI is InChI=1S/C17H15ClN2O2/c18-14-7-1-2-8-15(14)19-17(22)12-5-3-6-13(11-12)20-10-4-9-16(20)21/h1-3,5-8,11H,4,9-10H2,(H,19,22). The molecule has 0 saturated carbocycles. The van der Waals surface area contributed by atoms with Crippen LogP contribution in [-0.2, 0) is 4.79 Å². The number of hydrogen-bond acceptors (Lipinski definition) is 2. The number of carbonyl (C=O) groups excluding carboxylic acids is 2. The normalized spacial score (nSPS) is 14.2. The van der Waals surface area contributed by atoms with Crippen LogP contribution in [0.25, 0.3) is 0 Å². The zero-order chi connectivity index (χ0) is 15.5. The molecule has 0 aliphatic carbocycles. The van der Waals surface area contributed by atoms with Crippen LogP contribution >= 0.6 is 11.6 Å². The van der Waals surface area contributed by atoms with Gasteiger partial charge in [0, 0.05) is 24.2 Å². The van der Waals surface area contributed by atoms with Crippen LogP contribution in [0.2, 0.25) is 5.02 Å². The van der Waals surface area contributed by atoms with Crippen molar-refractivity contribution in [2.45, 2.75) is 12.8 Å². The lowest BCUT2D eigenvalue weighted by molar-refractivity contribution is -0.117. The lowest BCUT2D eigenvalue weighted by Gasteiger charge is -2.16. The van der Waals surface area contributed by atoms with Crippen molar-refractivity contribution in [3.63, 3.8) is 0 Å². The number of carbonyl (C=O) groups is 2. The molecule has 2 aromatic carbocycles. The van der Waals surface area contributed by atoms with Crippen LogP contribution in [0.4, 0.5) is 11.4 Å². The Labute approximate surface area is 133 Å². The van der Waals surface area contributed by atoms with Gasteiger partial charge in [-0.15, -0.1) is 0 Å². The van der Waals surface area contributed by atoms with E-state index < -0.39 is 0 Å². The summed E-state index contributed by atoms with van der Waals surface area (Å²) in [6, 6.07) is 14.1. The highest BCUT2D eigenvalue weighted by molar-refractivity contribution is 6.33. The molecule has 1 saturated heterocycles. The maximum atomic E-state index is 12.3. The fourth-order valence-corrected chi connectivity index (χ4v) is 2.68. The smallest absolute Gasteiger partial charge is 0.255 e. The number of halogens is 1. The van der Waals surface area contributed by atoms with Gasteiger partial charge in [0.1, 0.15) is 0 Å².